The van der Waals surface area contributed by atoms with E-state index in [0.29, 0.717) is 4.21 Å². The van der Waals surface area contributed by atoms with Crippen LogP contribution in [0.15, 0.2) is 16.3 Å². The standard InChI is InChI=1S/C9H15NO3S2/c1-3-8-4-5-9(14-8)15(12,13)10-7(2)6-11/h4-5,7,10-11H,3,6H2,1-2H3/t7-/m0/s1. The number of rotatable bonds is 5. The fourth-order valence-corrected chi connectivity index (χ4v) is 3.60. The van der Waals surface area contributed by atoms with E-state index in [1.54, 1.807) is 13.0 Å². The van der Waals surface area contributed by atoms with Crippen molar-refractivity contribution in [2.45, 2.75) is 30.5 Å². The van der Waals surface area contributed by atoms with Gasteiger partial charge in [0.25, 0.3) is 0 Å². The maximum Gasteiger partial charge on any atom is 0.250 e. The fourth-order valence-electron chi connectivity index (χ4n) is 1.05. The molecule has 1 heterocycles. The molecule has 6 heteroatoms. The molecule has 1 rings (SSSR count). The van der Waals surface area contributed by atoms with Gasteiger partial charge in [0.05, 0.1) is 6.61 Å². The first-order valence-electron chi connectivity index (χ1n) is 4.71. The molecule has 2 N–H and O–H groups in total. The molecule has 1 aromatic heterocycles. The van der Waals surface area contributed by atoms with Gasteiger partial charge in [-0.25, -0.2) is 13.1 Å². The lowest BCUT2D eigenvalue weighted by Crippen LogP contribution is -2.34. The molecule has 0 spiro atoms. The lowest BCUT2D eigenvalue weighted by atomic mass is 10.4. The van der Waals surface area contributed by atoms with Crippen LogP contribution in [-0.4, -0.2) is 26.2 Å². The van der Waals surface area contributed by atoms with Crippen LogP contribution in [-0.2, 0) is 16.4 Å². The van der Waals surface area contributed by atoms with Gasteiger partial charge in [-0.05, 0) is 25.5 Å². The van der Waals surface area contributed by atoms with Gasteiger partial charge in [0, 0.05) is 10.9 Å². The molecule has 86 valence electrons. The Morgan fingerprint density at radius 2 is 2.20 bits per heavy atom. The topological polar surface area (TPSA) is 66.4 Å². The molecule has 0 fully saturated rings. The molecule has 0 saturated carbocycles. The van der Waals surface area contributed by atoms with Crippen LogP contribution in [0.25, 0.3) is 0 Å². The second-order valence-corrected chi connectivity index (χ2v) is 6.39. The third-order valence-electron chi connectivity index (χ3n) is 1.88. The van der Waals surface area contributed by atoms with Gasteiger partial charge in [-0.15, -0.1) is 11.3 Å². The van der Waals surface area contributed by atoms with Crippen LogP contribution in [0, 0.1) is 0 Å². The Morgan fingerprint density at radius 3 is 2.67 bits per heavy atom. The zero-order valence-electron chi connectivity index (χ0n) is 8.73. The van der Waals surface area contributed by atoms with Crippen molar-refractivity contribution >= 4 is 21.4 Å². The molecule has 0 aromatic carbocycles. The minimum absolute atomic E-state index is 0.203. The van der Waals surface area contributed by atoms with Gasteiger partial charge in [0.15, 0.2) is 0 Å². The average Bonchev–Trinajstić information content (AvgIpc) is 2.65. The lowest BCUT2D eigenvalue weighted by Gasteiger charge is -2.09. The van der Waals surface area contributed by atoms with E-state index in [0.717, 1.165) is 11.3 Å². The summed E-state index contributed by atoms with van der Waals surface area (Å²) in [5.74, 6) is 0. The van der Waals surface area contributed by atoms with E-state index < -0.39 is 16.1 Å². The molecular formula is C9H15NO3S2. The van der Waals surface area contributed by atoms with E-state index in [9.17, 15) is 8.42 Å². The number of aliphatic hydroxyl groups excluding tert-OH is 1. The molecule has 0 amide bonds. The summed E-state index contributed by atoms with van der Waals surface area (Å²) in [6.45, 7) is 3.39. The van der Waals surface area contributed by atoms with E-state index in [-0.39, 0.29) is 6.61 Å². The second kappa shape index (κ2) is 5.07. The first kappa shape index (κ1) is 12.6. The quantitative estimate of drug-likeness (QED) is 0.817. The van der Waals surface area contributed by atoms with Crippen LogP contribution in [0.1, 0.15) is 18.7 Å². The maximum absolute atomic E-state index is 11.7. The van der Waals surface area contributed by atoms with Crippen molar-refractivity contribution in [3.63, 3.8) is 0 Å². The van der Waals surface area contributed by atoms with Gasteiger partial charge in [-0.3, -0.25) is 0 Å². The number of aryl methyl sites for hydroxylation is 1. The summed E-state index contributed by atoms with van der Waals surface area (Å²) in [5, 5.41) is 8.77. The third kappa shape index (κ3) is 3.27. The SMILES string of the molecule is CCc1ccc(S(=O)(=O)N[C@@H](C)CO)s1. The molecule has 15 heavy (non-hydrogen) atoms. The lowest BCUT2D eigenvalue weighted by molar-refractivity contribution is 0.265. The second-order valence-electron chi connectivity index (χ2n) is 3.28. The van der Waals surface area contributed by atoms with Crippen LogP contribution in [0.3, 0.4) is 0 Å². The predicted molar refractivity (Wildman–Crippen MR) is 60.6 cm³/mol. The van der Waals surface area contributed by atoms with Gasteiger partial charge in [-0.1, -0.05) is 6.92 Å². The minimum atomic E-state index is -3.45. The third-order valence-corrected chi connectivity index (χ3v) is 5.19. The Kier molecular flexibility index (Phi) is 4.27. The zero-order chi connectivity index (χ0) is 11.5. The van der Waals surface area contributed by atoms with Crippen molar-refractivity contribution in [1.29, 1.82) is 0 Å². The highest BCUT2D eigenvalue weighted by molar-refractivity contribution is 7.91. The first-order valence-corrected chi connectivity index (χ1v) is 7.01. The van der Waals surface area contributed by atoms with Gasteiger partial charge in [-0.2, -0.15) is 0 Å². The molecule has 0 unspecified atom stereocenters. The number of hydrogen-bond acceptors (Lipinski definition) is 4. The Morgan fingerprint density at radius 1 is 1.53 bits per heavy atom. The molecule has 0 aliphatic heterocycles. The molecular weight excluding hydrogens is 234 g/mol. The molecule has 0 radical (unpaired) electrons. The summed E-state index contributed by atoms with van der Waals surface area (Å²) in [5.41, 5.74) is 0. The molecule has 0 aliphatic rings. The Labute approximate surface area is 94.0 Å². The van der Waals surface area contributed by atoms with E-state index in [1.807, 2.05) is 13.0 Å². The largest absolute Gasteiger partial charge is 0.395 e. The van der Waals surface area contributed by atoms with Crippen LogP contribution in [0.4, 0.5) is 0 Å². The van der Waals surface area contributed by atoms with Gasteiger partial charge in [0.1, 0.15) is 4.21 Å². The van der Waals surface area contributed by atoms with E-state index in [2.05, 4.69) is 4.72 Å². The average molecular weight is 249 g/mol. The Hall–Kier alpha value is -0.430. The number of aliphatic hydroxyl groups is 1. The predicted octanol–water partition coefficient (Wildman–Crippen LogP) is 0.970. The number of sulfonamides is 1. The summed E-state index contributed by atoms with van der Waals surface area (Å²) in [6.07, 6.45) is 0.829. The highest BCUT2D eigenvalue weighted by atomic mass is 32.2. The van der Waals surface area contributed by atoms with Gasteiger partial charge < -0.3 is 5.11 Å². The van der Waals surface area contributed by atoms with Crippen LogP contribution in [0.5, 0.6) is 0 Å². The van der Waals surface area contributed by atoms with Crippen molar-refractivity contribution in [3.8, 4) is 0 Å². The maximum atomic E-state index is 11.7. The minimum Gasteiger partial charge on any atom is -0.395 e. The number of thiophene rings is 1. The van der Waals surface area contributed by atoms with E-state index in [1.165, 1.54) is 11.3 Å². The van der Waals surface area contributed by atoms with Crippen molar-refractivity contribution in [1.82, 2.24) is 4.72 Å². The smallest absolute Gasteiger partial charge is 0.250 e. The van der Waals surface area contributed by atoms with Gasteiger partial charge >= 0.3 is 0 Å². The zero-order valence-corrected chi connectivity index (χ0v) is 10.4. The van der Waals surface area contributed by atoms with Crippen LogP contribution in [0.2, 0.25) is 0 Å². The van der Waals surface area contributed by atoms with Crippen molar-refractivity contribution < 1.29 is 13.5 Å². The van der Waals surface area contributed by atoms with Crippen molar-refractivity contribution in [2.24, 2.45) is 0 Å². The normalized spacial score (nSPS) is 14.1. The Balaban J connectivity index is 2.86. The Bertz CT molecular complexity index is 411. The fraction of sp³-hybridized carbons (Fsp3) is 0.556. The summed E-state index contributed by atoms with van der Waals surface area (Å²) in [7, 11) is -3.45. The molecule has 0 bridgehead atoms. The number of hydrogen-bond donors (Lipinski definition) is 2. The molecule has 0 aliphatic carbocycles. The summed E-state index contributed by atoms with van der Waals surface area (Å²) in [6, 6.07) is 2.95. The van der Waals surface area contributed by atoms with Crippen molar-refractivity contribution in [3.05, 3.63) is 17.0 Å². The van der Waals surface area contributed by atoms with E-state index >= 15 is 0 Å². The molecule has 0 saturated heterocycles. The molecule has 1 atom stereocenters. The monoisotopic (exact) mass is 249 g/mol. The van der Waals surface area contributed by atoms with Crippen LogP contribution >= 0.6 is 11.3 Å². The summed E-state index contributed by atoms with van der Waals surface area (Å²) >= 11 is 1.26. The van der Waals surface area contributed by atoms with E-state index in [4.69, 9.17) is 5.11 Å². The summed E-state index contributed by atoms with van der Waals surface area (Å²) in [4.78, 5) is 1.03. The number of nitrogens with one attached hydrogen (secondary N) is 1. The highest BCUT2D eigenvalue weighted by Gasteiger charge is 2.18. The van der Waals surface area contributed by atoms with Gasteiger partial charge in [0.2, 0.25) is 10.0 Å². The molecule has 1 aromatic rings. The highest BCUT2D eigenvalue weighted by Crippen LogP contribution is 2.21. The van der Waals surface area contributed by atoms with Crippen LogP contribution < -0.4 is 4.72 Å². The summed E-state index contributed by atoms with van der Waals surface area (Å²) < 4.78 is 26.1. The first-order chi connectivity index (χ1) is 6.99. The molecule has 4 nitrogen and oxygen atoms in total. The van der Waals surface area contributed by atoms with Crippen molar-refractivity contribution in [2.75, 3.05) is 6.61 Å².